The molecule has 21 fully saturated rings. The zero-order valence-corrected chi connectivity index (χ0v) is 48.9. The van der Waals surface area contributed by atoms with Crippen LogP contribution in [0.3, 0.4) is 0 Å². The molecular weight excluding hydrogens is 1250 g/mol. The summed E-state index contributed by atoms with van der Waals surface area (Å²) < 4.78 is 70.5. The van der Waals surface area contributed by atoms with Crippen LogP contribution in [-0.2, 0) is 66.4 Å². The van der Waals surface area contributed by atoms with Gasteiger partial charge in [-0.1, -0.05) is 0 Å². The smallest absolute Gasteiger partial charge is 0.321 e. The van der Waals surface area contributed by atoms with Gasteiger partial charge in [0.1, 0.15) is 140 Å². The second kappa shape index (κ2) is 31.9. The van der Waals surface area contributed by atoms with Gasteiger partial charge in [0, 0.05) is 23.2 Å². The number of thioether (sulfide) groups is 2. The Morgan fingerprint density at radius 3 is 0.933 bits per heavy atom. The van der Waals surface area contributed by atoms with Crippen molar-refractivity contribution in [3.8, 4) is 0 Å². The molecule has 25 N–H and O–H groups in total. The molecule has 0 radical (unpaired) electrons. The minimum absolute atomic E-state index is 0.0894. The van der Waals surface area contributed by atoms with Crippen molar-refractivity contribution in [2.45, 2.75) is 221 Å². The van der Waals surface area contributed by atoms with Crippen LogP contribution in [0.5, 0.6) is 0 Å². The van der Waals surface area contributed by atoms with Crippen molar-refractivity contribution < 1.29 is 174 Å². The lowest BCUT2D eigenvalue weighted by atomic mass is 9.70. The van der Waals surface area contributed by atoms with Crippen LogP contribution in [-0.4, -0.2) is 384 Å². The first kappa shape index (κ1) is 73.1. The Labute approximate surface area is 514 Å². The zero-order chi connectivity index (χ0) is 65.2. The van der Waals surface area contributed by atoms with Crippen LogP contribution in [0.2, 0.25) is 0 Å². The summed E-state index contributed by atoms with van der Waals surface area (Å²) in [6, 6.07) is -2.84. The quantitative estimate of drug-likeness (QED) is 0.0724. The highest BCUT2D eigenvalue weighted by Gasteiger charge is 2.59. The average molecular weight is 1340 g/mol. The van der Waals surface area contributed by atoms with Crippen molar-refractivity contribution in [1.82, 2.24) is 0 Å². The van der Waals surface area contributed by atoms with E-state index in [0.29, 0.717) is 0 Å². The summed E-state index contributed by atoms with van der Waals surface area (Å²) >= 11 is 1.79. The molecule has 0 spiro atoms. The molecule has 1 saturated carbocycles. The van der Waals surface area contributed by atoms with Crippen molar-refractivity contribution >= 4 is 35.5 Å². The van der Waals surface area contributed by atoms with E-state index in [1.54, 1.807) is 0 Å². The van der Waals surface area contributed by atoms with Crippen molar-refractivity contribution in [2.24, 2.45) is 29.2 Å². The summed E-state index contributed by atoms with van der Waals surface area (Å²) in [6.45, 7) is -5.13. The summed E-state index contributed by atoms with van der Waals surface area (Å²) in [4.78, 5) is 23.3. The predicted octanol–water partition coefficient (Wildman–Crippen LogP) is -13.4. The van der Waals surface area contributed by atoms with E-state index in [9.17, 15) is 117 Å². The maximum absolute atomic E-state index is 11.9. The lowest BCUT2D eigenvalue weighted by molar-refractivity contribution is -0.394. The van der Waals surface area contributed by atoms with Gasteiger partial charge in [-0.15, -0.1) is 0 Å². The highest BCUT2D eigenvalue weighted by atomic mass is 32.2. The van der Waals surface area contributed by atoms with Crippen LogP contribution in [0, 0.1) is 17.8 Å². The van der Waals surface area contributed by atoms with Crippen LogP contribution in [0.1, 0.15) is 12.8 Å². The zero-order valence-electron chi connectivity index (χ0n) is 47.2. The van der Waals surface area contributed by atoms with Crippen molar-refractivity contribution in [3.05, 3.63) is 0 Å². The highest BCUT2D eigenvalue weighted by Crippen LogP contribution is 2.44. The molecule has 0 aromatic carbocycles. The number of aliphatic hydroxyl groups is 19. The number of rotatable bonds is 15. The Kier molecular flexibility index (Phi) is 26.2. The monoisotopic (exact) mass is 1340 g/mol. The third kappa shape index (κ3) is 15.9. The highest BCUT2D eigenvalue weighted by molar-refractivity contribution is 7.99. The molecular formula is C50H84N2O35S2. The Hall–Kier alpha value is -1.68. The van der Waals surface area contributed by atoms with E-state index in [1.165, 1.54) is 0 Å². The summed E-state index contributed by atoms with van der Waals surface area (Å²) in [5.74, 6) is -7.09. The van der Waals surface area contributed by atoms with E-state index in [0.717, 1.165) is 23.5 Å². The molecule has 20 heterocycles. The number of carbonyl (C=O) groups is 2. The molecule has 37 nitrogen and oxygen atoms in total. The number of hydrogen-bond donors (Lipinski definition) is 23. The van der Waals surface area contributed by atoms with Crippen LogP contribution >= 0.6 is 23.5 Å². The topological polar surface area (TPSA) is 622 Å². The first-order valence-corrected chi connectivity index (χ1v) is 31.1. The van der Waals surface area contributed by atoms with E-state index in [-0.39, 0.29) is 35.9 Å². The maximum atomic E-state index is 11.9. The third-order valence-electron chi connectivity index (χ3n) is 17.4. The molecule has 37 atom stereocenters. The number of aliphatic hydroxyl groups excluding tert-OH is 19. The van der Waals surface area contributed by atoms with Gasteiger partial charge in [0.05, 0.1) is 63.6 Å². The first-order chi connectivity index (χ1) is 42.2. The minimum atomic E-state index is -2.24. The average Bonchev–Trinajstić information content (AvgIpc) is 0.884. The largest absolute Gasteiger partial charge is 0.480 e. The summed E-state index contributed by atoms with van der Waals surface area (Å²) in [7, 11) is 0. The second-order valence-electron chi connectivity index (χ2n) is 23.3. The molecule has 516 valence electrons. The van der Waals surface area contributed by atoms with E-state index in [4.69, 9.17) is 68.3 Å². The molecule has 21 rings (SSSR count). The van der Waals surface area contributed by atoms with Crippen molar-refractivity contribution in [2.75, 3.05) is 56.0 Å². The number of carboxylic acids is 2. The van der Waals surface area contributed by atoms with Crippen LogP contribution in [0.4, 0.5) is 0 Å². The van der Waals surface area contributed by atoms with E-state index in [2.05, 4.69) is 0 Å². The molecule has 0 aromatic heterocycles. The molecule has 20 saturated heterocycles. The van der Waals surface area contributed by atoms with Gasteiger partial charge < -0.3 is 176 Å². The number of carboxylic acid groups (broad SMARTS) is 2. The fourth-order valence-electron chi connectivity index (χ4n) is 12.3. The lowest BCUT2D eigenvalue weighted by Gasteiger charge is -2.50. The van der Waals surface area contributed by atoms with Crippen LogP contribution in [0.15, 0.2) is 0 Å². The number of aliphatic carboxylic acids is 2. The molecule has 1 aliphatic carbocycles. The van der Waals surface area contributed by atoms with Gasteiger partial charge in [-0.3, -0.25) is 9.59 Å². The number of ether oxygens (including phenoxy) is 12. The molecule has 14 unspecified atom stereocenters. The van der Waals surface area contributed by atoms with E-state index in [1.807, 2.05) is 0 Å². The molecule has 21 aliphatic rings. The minimum Gasteiger partial charge on any atom is -0.480 e. The van der Waals surface area contributed by atoms with E-state index >= 15 is 0 Å². The third-order valence-corrected chi connectivity index (χ3v) is 19.8. The van der Waals surface area contributed by atoms with Gasteiger partial charge in [0.2, 0.25) is 0 Å². The van der Waals surface area contributed by atoms with Crippen LogP contribution in [0.25, 0.3) is 0 Å². The van der Waals surface area contributed by atoms with Gasteiger partial charge in [0.15, 0.2) is 37.7 Å². The Bertz CT molecular complexity index is 2200. The van der Waals surface area contributed by atoms with Gasteiger partial charge in [-0.25, -0.2) is 0 Å². The van der Waals surface area contributed by atoms with Gasteiger partial charge in [0.25, 0.3) is 0 Å². The fraction of sp³-hybridized carbons (Fsp3) is 0.960. The molecule has 89 heavy (non-hydrogen) atoms. The molecule has 0 aromatic rings. The molecule has 20 aliphatic heterocycles. The fourth-order valence-corrected chi connectivity index (χ4v) is 14.5. The predicted molar refractivity (Wildman–Crippen MR) is 286 cm³/mol. The Balaban J connectivity index is 1.11. The maximum Gasteiger partial charge on any atom is 0.321 e. The Morgan fingerprint density at radius 1 is 0.337 bits per heavy atom. The molecule has 0 amide bonds. The number of hydrogen-bond acceptors (Lipinski definition) is 37. The summed E-state index contributed by atoms with van der Waals surface area (Å²) in [6.07, 6.45) is -63.5. The second-order valence-corrected chi connectivity index (χ2v) is 25.4. The van der Waals surface area contributed by atoms with Gasteiger partial charge in [-0.2, -0.15) is 23.5 Å². The first-order valence-electron chi connectivity index (χ1n) is 28.7. The molecule has 14 bridgehead atoms. The summed E-state index contributed by atoms with van der Waals surface area (Å²) in [5, 5.41) is 234. The molecule has 39 heteroatoms. The van der Waals surface area contributed by atoms with Gasteiger partial charge in [-0.05, 0) is 30.4 Å². The standard InChI is InChI=1S/C50H84N2O35S2/c51-15(43(72)73)9-88-8-13-1-12-2-14-17(3-53)76-45(31(66)24(14)59)83-38-19(5-55)80-49(35(70)29(38)64)87-42-22(11-89-10-16(52)44(74)75)81-50(36(71)30(42)65)86-41-21(7-57)79-48(34(69)28(41)63)85-40-20(6-56)78-47(33(68)27(40)62)84-39-18(4-54)77-46(32(67)26(39)61)82-37(13)25(60)23(12)58/h12-42,45-50,53-71H,1-11,51-52H2,(H,72,73)(H,74,75)/t12-,13?,14-,15-,16-,17?,18?,19?,20?,21?,22?,23?,24?,25-,26-,27-,28?,29?,30?,31+,32?,33?,34+,35+,36+,37-,38-,39-,40-,41-,42-,45-,46-,47-,48-,49-,50-/m1/s1. The van der Waals surface area contributed by atoms with Gasteiger partial charge >= 0.3 is 11.9 Å². The number of nitrogens with two attached hydrogens (primary N) is 2. The summed E-state index contributed by atoms with van der Waals surface area (Å²) in [5.41, 5.74) is 11.5. The van der Waals surface area contributed by atoms with Crippen LogP contribution < -0.4 is 11.5 Å². The van der Waals surface area contributed by atoms with Crippen molar-refractivity contribution in [3.63, 3.8) is 0 Å². The Morgan fingerprint density at radius 2 is 0.607 bits per heavy atom. The normalized spacial score (nSPS) is 50.1. The van der Waals surface area contributed by atoms with Crippen molar-refractivity contribution in [1.29, 1.82) is 0 Å². The lowest BCUT2D eigenvalue weighted by Crippen LogP contribution is -2.68. The SMILES string of the molecule is N[C@H](CSCC1O[C@@H]2O[C@@H]3C(CO)O[C@H](O[C@@H]4C(CO)O[C@H](O[C@@H]5C(CO)O[C@H](O[C@@H]6C(CSC[C@@H](N)C(=O)O)C[C@H](C[C@@H]7C(CO)O[C@H](O[C@@H]8C(CO)O[C@H](O[C@H]1C(O)[C@@H]2O)[C@@H](O)C8O)[C@@H](O)C7O)C(O)[C@H]6O)C(O)[C@H]5O)C(O)[C@H]4O)[C@@H](O)C3O)C(=O)O. The van der Waals surface area contributed by atoms with E-state index < -0.39 is 271 Å².